The number of fused-ring (bicyclic) bond motifs is 1. The highest BCUT2D eigenvalue weighted by molar-refractivity contribution is 7.19. The third kappa shape index (κ3) is 4.35. The number of hydrogen-bond donors (Lipinski definition) is 1. The standard InChI is InChI=1S/C20H21F3N2OS/c1-12(2)11-25-16-7-13(3)27-18(16)9-17(25)19(26)24-10-14-5-4-6-15(8-14)20(21,22)23/h4-9,12H,10-11H2,1-3H3,(H,24,26). The minimum Gasteiger partial charge on any atom is -0.347 e. The van der Waals surface area contributed by atoms with Crippen LogP contribution in [-0.4, -0.2) is 10.5 Å². The number of nitrogens with zero attached hydrogens (tertiary/aromatic N) is 1. The molecule has 3 rings (SSSR count). The highest BCUT2D eigenvalue weighted by Gasteiger charge is 2.30. The number of amides is 1. The maximum Gasteiger partial charge on any atom is 0.416 e. The molecule has 0 saturated heterocycles. The van der Waals surface area contributed by atoms with Gasteiger partial charge < -0.3 is 9.88 Å². The van der Waals surface area contributed by atoms with Crippen LogP contribution in [0.5, 0.6) is 0 Å². The summed E-state index contributed by atoms with van der Waals surface area (Å²) < 4.78 is 41.5. The molecule has 7 heteroatoms. The molecule has 0 radical (unpaired) electrons. The number of nitrogens with one attached hydrogen (secondary N) is 1. The van der Waals surface area contributed by atoms with Crippen molar-refractivity contribution in [3.05, 3.63) is 58.1 Å². The molecule has 3 aromatic rings. The monoisotopic (exact) mass is 394 g/mol. The van der Waals surface area contributed by atoms with Crippen LogP contribution >= 0.6 is 11.3 Å². The quantitative estimate of drug-likeness (QED) is 0.599. The first-order chi connectivity index (χ1) is 12.6. The van der Waals surface area contributed by atoms with Crippen molar-refractivity contribution in [2.75, 3.05) is 0 Å². The Morgan fingerprint density at radius 2 is 1.96 bits per heavy atom. The molecule has 2 aromatic heterocycles. The number of rotatable bonds is 5. The molecule has 3 nitrogen and oxygen atoms in total. The molecule has 0 aliphatic rings. The van der Waals surface area contributed by atoms with E-state index < -0.39 is 11.7 Å². The number of aryl methyl sites for hydroxylation is 1. The molecule has 0 saturated carbocycles. The molecule has 144 valence electrons. The van der Waals surface area contributed by atoms with Gasteiger partial charge in [0, 0.05) is 18.0 Å². The van der Waals surface area contributed by atoms with Crippen LogP contribution in [0.25, 0.3) is 10.2 Å². The summed E-state index contributed by atoms with van der Waals surface area (Å²) in [5.41, 5.74) is 1.26. The Bertz CT molecular complexity index is 969. The number of carbonyl (C=O) groups is 1. The molecule has 1 N–H and O–H groups in total. The van der Waals surface area contributed by atoms with Gasteiger partial charge in [0.05, 0.1) is 15.8 Å². The molecule has 0 unspecified atom stereocenters. The highest BCUT2D eigenvalue weighted by atomic mass is 32.1. The van der Waals surface area contributed by atoms with Crippen molar-refractivity contribution in [2.24, 2.45) is 5.92 Å². The van der Waals surface area contributed by atoms with Crippen LogP contribution in [0.2, 0.25) is 0 Å². The van der Waals surface area contributed by atoms with Gasteiger partial charge in [-0.2, -0.15) is 13.2 Å². The molecular weight excluding hydrogens is 373 g/mol. The topological polar surface area (TPSA) is 34.0 Å². The lowest BCUT2D eigenvalue weighted by atomic mass is 10.1. The highest BCUT2D eigenvalue weighted by Crippen LogP contribution is 2.30. The summed E-state index contributed by atoms with van der Waals surface area (Å²) in [5, 5.41) is 2.75. The summed E-state index contributed by atoms with van der Waals surface area (Å²) in [6, 6.07) is 8.93. The van der Waals surface area contributed by atoms with Crippen LogP contribution in [0.1, 0.15) is 40.3 Å². The van der Waals surface area contributed by atoms with Crippen LogP contribution in [0.3, 0.4) is 0 Å². The van der Waals surface area contributed by atoms with Crippen LogP contribution in [0.4, 0.5) is 13.2 Å². The number of alkyl halides is 3. The molecule has 0 atom stereocenters. The van der Waals surface area contributed by atoms with E-state index in [0.29, 0.717) is 23.7 Å². The van der Waals surface area contributed by atoms with E-state index in [-0.39, 0.29) is 12.5 Å². The summed E-state index contributed by atoms with van der Waals surface area (Å²) in [6.07, 6.45) is -4.39. The van der Waals surface area contributed by atoms with Crippen LogP contribution < -0.4 is 5.32 Å². The maximum atomic E-state index is 12.8. The fourth-order valence-corrected chi connectivity index (χ4v) is 4.01. The van der Waals surface area contributed by atoms with Crippen LogP contribution in [0.15, 0.2) is 36.4 Å². The van der Waals surface area contributed by atoms with Gasteiger partial charge >= 0.3 is 6.18 Å². The maximum absolute atomic E-state index is 12.8. The summed E-state index contributed by atoms with van der Waals surface area (Å²) in [7, 11) is 0. The second-order valence-electron chi connectivity index (χ2n) is 7.02. The summed E-state index contributed by atoms with van der Waals surface area (Å²) >= 11 is 1.62. The van der Waals surface area contributed by atoms with Gasteiger partial charge in [-0.25, -0.2) is 0 Å². The van der Waals surface area contributed by atoms with Crippen LogP contribution in [-0.2, 0) is 19.3 Å². The lowest BCUT2D eigenvalue weighted by Gasteiger charge is -2.13. The summed E-state index contributed by atoms with van der Waals surface area (Å²) in [6.45, 7) is 6.93. The number of benzene rings is 1. The lowest BCUT2D eigenvalue weighted by Crippen LogP contribution is -2.26. The molecule has 2 heterocycles. The van der Waals surface area contributed by atoms with Crippen molar-refractivity contribution in [3.63, 3.8) is 0 Å². The fraction of sp³-hybridized carbons (Fsp3) is 0.350. The van der Waals surface area contributed by atoms with Gasteiger partial charge in [0.2, 0.25) is 0 Å². The van der Waals surface area contributed by atoms with E-state index in [2.05, 4.69) is 25.2 Å². The van der Waals surface area contributed by atoms with Gasteiger partial charge in [-0.15, -0.1) is 11.3 Å². The fourth-order valence-electron chi connectivity index (χ4n) is 3.05. The predicted molar refractivity (Wildman–Crippen MR) is 102 cm³/mol. The van der Waals surface area contributed by atoms with Gasteiger partial charge in [-0.05, 0) is 42.7 Å². The van der Waals surface area contributed by atoms with Crippen molar-refractivity contribution < 1.29 is 18.0 Å². The third-order valence-corrected chi connectivity index (χ3v) is 5.19. The molecule has 0 bridgehead atoms. The largest absolute Gasteiger partial charge is 0.416 e. The predicted octanol–water partition coefficient (Wildman–Crippen LogP) is 5.62. The van der Waals surface area contributed by atoms with Crippen molar-refractivity contribution in [2.45, 2.75) is 40.0 Å². The Hall–Kier alpha value is -2.28. The first-order valence-electron chi connectivity index (χ1n) is 8.69. The Morgan fingerprint density at radius 3 is 2.63 bits per heavy atom. The van der Waals surface area contributed by atoms with E-state index in [1.807, 2.05) is 17.6 Å². The second-order valence-corrected chi connectivity index (χ2v) is 8.31. The van der Waals surface area contributed by atoms with Gasteiger partial charge in [-0.3, -0.25) is 4.79 Å². The third-order valence-electron chi connectivity index (χ3n) is 4.20. The smallest absolute Gasteiger partial charge is 0.347 e. The lowest BCUT2D eigenvalue weighted by molar-refractivity contribution is -0.137. The van der Waals surface area contributed by atoms with E-state index in [4.69, 9.17) is 0 Å². The Labute approximate surface area is 159 Å². The molecule has 1 aromatic carbocycles. The van der Waals surface area contributed by atoms with E-state index in [1.54, 1.807) is 17.4 Å². The zero-order valence-corrected chi connectivity index (χ0v) is 16.2. The number of thiophene rings is 1. The molecular formula is C20H21F3N2OS. The normalized spacial score (nSPS) is 12.1. The molecule has 0 aliphatic carbocycles. The number of halogens is 3. The van der Waals surface area contributed by atoms with Crippen molar-refractivity contribution in [3.8, 4) is 0 Å². The summed E-state index contributed by atoms with van der Waals surface area (Å²) in [4.78, 5) is 13.9. The molecule has 0 fully saturated rings. The number of carbonyl (C=O) groups excluding carboxylic acids is 1. The zero-order valence-electron chi connectivity index (χ0n) is 15.4. The first-order valence-corrected chi connectivity index (χ1v) is 9.51. The van der Waals surface area contributed by atoms with E-state index in [9.17, 15) is 18.0 Å². The average molecular weight is 394 g/mol. The molecule has 27 heavy (non-hydrogen) atoms. The number of hydrogen-bond acceptors (Lipinski definition) is 2. The van der Waals surface area contributed by atoms with Crippen LogP contribution in [0, 0.1) is 12.8 Å². The number of aromatic nitrogens is 1. The zero-order chi connectivity index (χ0) is 19.8. The van der Waals surface area contributed by atoms with Crippen molar-refractivity contribution in [1.29, 1.82) is 0 Å². The van der Waals surface area contributed by atoms with Crippen molar-refractivity contribution >= 4 is 27.5 Å². The minimum absolute atomic E-state index is 0.0439. The molecule has 0 aliphatic heterocycles. The van der Waals surface area contributed by atoms with E-state index >= 15 is 0 Å². The molecule has 1 amide bonds. The minimum atomic E-state index is -4.39. The van der Waals surface area contributed by atoms with Crippen molar-refractivity contribution in [1.82, 2.24) is 9.88 Å². The van der Waals surface area contributed by atoms with Gasteiger partial charge in [0.1, 0.15) is 5.69 Å². The average Bonchev–Trinajstić information content (AvgIpc) is 3.09. The molecule has 0 spiro atoms. The Morgan fingerprint density at radius 1 is 1.22 bits per heavy atom. The second kappa shape index (κ2) is 7.38. The first kappa shape index (κ1) is 19.5. The van der Waals surface area contributed by atoms with Gasteiger partial charge in [0.15, 0.2) is 0 Å². The Kier molecular flexibility index (Phi) is 5.33. The van der Waals surface area contributed by atoms with Gasteiger partial charge in [-0.1, -0.05) is 26.0 Å². The van der Waals surface area contributed by atoms with E-state index in [0.717, 1.165) is 22.3 Å². The summed E-state index contributed by atoms with van der Waals surface area (Å²) in [5.74, 6) is 0.0740. The Balaban J connectivity index is 1.81. The van der Waals surface area contributed by atoms with Gasteiger partial charge in [0.25, 0.3) is 5.91 Å². The van der Waals surface area contributed by atoms with E-state index in [1.165, 1.54) is 10.9 Å². The SMILES string of the molecule is Cc1cc2c(cc(C(=O)NCc3cccc(C(F)(F)F)c3)n2CC(C)C)s1.